The average molecular weight is 410 g/mol. The molecule has 2 aliphatic rings. The largest absolute Gasteiger partial charge is 0.480 e. The van der Waals surface area contributed by atoms with Gasteiger partial charge in [-0.2, -0.15) is 0 Å². The van der Waals surface area contributed by atoms with E-state index in [1.807, 2.05) is 34.7 Å². The number of rotatable bonds is 2. The normalized spacial score (nSPS) is 22.0. The second kappa shape index (κ2) is 9.09. The van der Waals surface area contributed by atoms with E-state index in [1.54, 1.807) is 0 Å². The monoisotopic (exact) mass is 409 g/mol. The number of hydrogen-bond acceptors (Lipinski definition) is 5. The van der Waals surface area contributed by atoms with Gasteiger partial charge in [0, 0.05) is 30.7 Å². The Labute approximate surface area is 169 Å². The highest BCUT2D eigenvalue weighted by Crippen LogP contribution is 2.25. The molecule has 0 amide bonds. The first-order chi connectivity index (χ1) is 13.3. The van der Waals surface area contributed by atoms with Crippen LogP contribution in [0.3, 0.4) is 0 Å². The number of fused-ring (bicyclic) bond motifs is 1. The number of benzene rings is 1. The highest BCUT2D eigenvalue weighted by Gasteiger charge is 2.22. The standard InChI is InChI=1S/C13H16ClN3O.C6H12N2O2/c1-16-6-4-10(5-7-16)17-12-3-2-9(14)8-11(12)15-13(17)18;1-8-3-2-7-5(4-8)6(9)10/h2-3,8,10H,4-7H2,1H3,(H,15,18);5,7H,2-4H2,1H3,(H,9,10). The molecule has 0 aliphatic carbocycles. The Balaban J connectivity index is 0.000000192. The molecule has 28 heavy (non-hydrogen) atoms. The summed E-state index contributed by atoms with van der Waals surface area (Å²) in [7, 11) is 4.05. The van der Waals surface area contributed by atoms with Crippen LogP contribution in [0.15, 0.2) is 23.0 Å². The molecular formula is C19H28ClN5O3. The van der Waals surface area contributed by atoms with Crippen LogP contribution in [-0.4, -0.2) is 83.3 Å². The van der Waals surface area contributed by atoms with Gasteiger partial charge in [0.1, 0.15) is 6.04 Å². The first kappa shape index (κ1) is 20.9. The van der Waals surface area contributed by atoms with Gasteiger partial charge >= 0.3 is 11.7 Å². The topological polar surface area (TPSA) is 93.6 Å². The van der Waals surface area contributed by atoms with E-state index in [-0.39, 0.29) is 11.7 Å². The van der Waals surface area contributed by atoms with Crippen molar-refractivity contribution in [3.8, 4) is 0 Å². The maximum Gasteiger partial charge on any atom is 0.326 e. The predicted octanol–water partition coefficient (Wildman–Crippen LogP) is 1.22. The van der Waals surface area contributed by atoms with E-state index in [9.17, 15) is 9.59 Å². The number of halogens is 1. The zero-order valence-electron chi connectivity index (χ0n) is 16.3. The van der Waals surface area contributed by atoms with E-state index < -0.39 is 5.97 Å². The number of likely N-dealkylation sites (tertiary alicyclic amines) is 1. The molecule has 2 aliphatic heterocycles. The zero-order valence-corrected chi connectivity index (χ0v) is 17.1. The van der Waals surface area contributed by atoms with Crippen molar-refractivity contribution in [1.82, 2.24) is 24.7 Å². The summed E-state index contributed by atoms with van der Waals surface area (Å²) in [6, 6.07) is 5.49. The molecular weight excluding hydrogens is 382 g/mol. The summed E-state index contributed by atoms with van der Waals surface area (Å²) in [6.07, 6.45) is 2.04. The minimum absolute atomic E-state index is 0.0261. The number of aromatic nitrogens is 2. The second-order valence-electron chi connectivity index (χ2n) is 7.60. The van der Waals surface area contributed by atoms with Crippen molar-refractivity contribution in [3.63, 3.8) is 0 Å². The molecule has 3 heterocycles. The number of aromatic amines is 1. The molecule has 3 N–H and O–H groups in total. The maximum atomic E-state index is 12.1. The molecule has 1 aromatic heterocycles. The van der Waals surface area contributed by atoms with Crippen LogP contribution in [0.2, 0.25) is 5.02 Å². The minimum Gasteiger partial charge on any atom is -0.480 e. The number of H-pyrrole nitrogens is 1. The number of carboxylic acids is 1. The van der Waals surface area contributed by atoms with Gasteiger partial charge in [-0.1, -0.05) is 11.6 Å². The number of carbonyl (C=O) groups is 1. The number of likely N-dealkylation sites (N-methyl/N-ethyl adjacent to an activating group) is 1. The lowest BCUT2D eigenvalue weighted by molar-refractivity contribution is -0.140. The van der Waals surface area contributed by atoms with Gasteiger partial charge in [-0.3, -0.25) is 9.36 Å². The summed E-state index contributed by atoms with van der Waals surface area (Å²) in [5.41, 5.74) is 1.76. The Hall–Kier alpha value is -1.87. The van der Waals surface area contributed by atoms with Crippen molar-refractivity contribution >= 4 is 28.6 Å². The first-order valence-electron chi connectivity index (χ1n) is 9.58. The predicted molar refractivity (Wildman–Crippen MR) is 110 cm³/mol. The SMILES string of the molecule is CN1CCC(n2c(=O)[nH]c3cc(Cl)ccc32)CC1.CN1CCNC(C(=O)O)C1. The number of piperidine rings is 1. The first-order valence-corrected chi connectivity index (χ1v) is 9.96. The minimum atomic E-state index is -0.758. The molecule has 0 radical (unpaired) electrons. The maximum absolute atomic E-state index is 12.1. The molecule has 1 unspecified atom stereocenters. The molecule has 2 saturated heterocycles. The molecule has 0 spiro atoms. The van der Waals surface area contributed by atoms with Crippen LogP contribution in [0, 0.1) is 0 Å². The van der Waals surface area contributed by atoms with E-state index >= 15 is 0 Å². The zero-order chi connectivity index (χ0) is 20.3. The highest BCUT2D eigenvalue weighted by molar-refractivity contribution is 6.31. The number of piperazine rings is 1. The van der Waals surface area contributed by atoms with Crippen molar-refractivity contribution in [2.45, 2.75) is 24.9 Å². The van der Waals surface area contributed by atoms with Crippen molar-refractivity contribution in [1.29, 1.82) is 0 Å². The van der Waals surface area contributed by atoms with Crippen molar-refractivity contribution < 1.29 is 9.90 Å². The number of imidazole rings is 1. The lowest BCUT2D eigenvalue weighted by Gasteiger charge is -2.29. The third-order valence-electron chi connectivity index (χ3n) is 5.41. The third-order valence-corrected chi connectivity index (χ3v) is 5.64. The van der Waals surface area contributed by atoms with Gasteiger partial charge in [-0.25, -0.2) is 4.79 Å². The Morgan fingerprint density at radius 1 is 1.18 bits per heavy atom. The molecule has 0 bridgehead atoms. The number of hydrogen-bond donors (Lipinski definition) is 3. The Morgan fingerprint density at radius 2 is 1.89 bits per heavy atom. The van der Waals surface area contributed by atoms with Crippen LogP contribution in [0.1, 0.15) is 18.9 Å². The fourth-order valence-corrected chi connectivity index (χ4v) is 3.95. The molecule has 8 nitrogen and oxygen atoms in total. The van der Waals surface area contributed by atoms with Gasteiger partial charge in [0.2, 0.25) is 0 Å². The number of carboxylic acid groups (broad SMARTS) is 1. The fraction of sp³-hybridized carbons (Fsp3) is 0.579. The lowest BCUT2D eigenvalue weighted by atomic mass is 10.1. The summed E-state index contributed by atoms with van der Waals surface area (Å²) in [6.45, 7) is 4.39. The summed E-state index contributed by atoms with van der Waals surface area (Å²) in [4.78, 5) is 29.7. The van der Waals surface area contributed by atoms with Crippen molar-refractivity contribution in [2.24, 2.45) is 0 Å². The summed E-state index contributed by atoms with van der Waals surface area (Å²) >= 11 is 5.95. The van der Waals surface area contributed by atoms with E-state index in [0.717, 1.165) is 50.1 Å². The van der Waals surface area contributed by atoms with Crippen LogP contribution in [0.4, 0.5) is 0 Å². The Morgan fingerprint density at radius 3 is 2.50 bits per heavy atom. The summed E-state index contributed by atoms with van der Waals surface area (Å²) in [5.74, 6) is -0.758. The Bertz CT molecular complexity index is 872. The van der Waals surface area contributed by atoms with E-state index in [2.05, 4.69) is 22.2 Å². The fourth-order valence-electron chi connectivity index (χ4n) is 3.78. The molecule has 1 atom stereocenters. The smallest absolute Gasteiger partial charge is 0.326 e. The van der Waals surface area contributed by atoms with E-state index in [1.165, 1.54) is 0 Å². The molecule has 4 rings (SSSR count). The highest BCUT2D eigenvalue weighted by atomic mass is 35.5. The number of nitrogens with one attached hydrogen (secondary N) is 2. The lowest BCUT2D eigenvalue weighted by Crippen LogP contribution is -2.52. The van der Waals surface area contributed by atoms with Crippen molar-refractivity contribution in [3.05, 3.63) is 33.7 Å². The molecule has 1 aromatic carbocycles. The Kier molecular flexibility index (Phi) is 6.77. The molecule has 2 fully saturated rings. The summed E-state index contributed by atoms with van der Waals surface area (Å²) < 4.78 is 1.89. The van der Waals surface area contributed by atoms with Crippen LogP contribution in [-0.2, 0) is 4.79 Å². The van der Waals surface area contributed by atoms with E-state index in [0.29, 0.717) is 17.6 Å². The van der Waals surface area contributed by atoms with Gasteiger partial charge in [-0.15, -0.1) is 0 Å². The van der Waals surface area contributed by atoms with Crippen LogP contribution in [0.25, 0.3) is 11.0 Å². The number of nitrogens with zero attached hydrogens (tertiary/aromatic N) is 3. The molecule has 154 valence electrons. The van der Waals surface area contributed by atoms with Crippen LogP contribution < -0.4 is 11.0 Å². The van der Waals surface area contributed by atoms with Crippen LogP contribution in [0.5, 0.6) is 0 Å². The van der Waals surface area contributed by atoms with Crippen LogP contribution >= 0.6 is 11.6 Å². The number of aliphatic carboxylic acids is 1. The van der Waals surface area contributed by atoms with Crippen molar-refractivity contribution in [2.75, 3.05) is 46.8 Å². The summed E-state index contributed by atoms with van der Waals surface area (Å²) in [5, 5.41) is 12.1. The van der Waals surface area contributed by atoms with Gasteiger partial charge in [-0.05, 0) is 58.2 Å². The third kappa shape index (κ3) is 4.94. The quantitative estimate of drug-likeness (QED) is 0.690. The van der Waals surface area contributed by atoms with Gasteiger partial charge < -0.3 is 25.2 Å². The van der Waals surface area contributed by atoms with Gasteiger partial charge in [0.15, 0.2) is 0 Å². The van der Waals surface area contributed by atoms with E-state index in [4.69, 9.17) is 16.7 Å². The average Bonchev–Trinajstić information content (AvgIpc) is 2.98. The molecule has 0 saturated carbocycles. The molecule has 2 aromatic rings. The second-order valence-corrected chi connectivity index (χ2v) is 8.04. The molecule has 9 heteroatoms. The van der Waals surface area contributed by atoms with Gasteiger partial charge in [0.05, 0.1) is 11.0 Å². The van der Waals surface area contributed by atoms with Gasteiger partial charge in [0.25, 0.3) is 0 Å².